The molecule has 0 saturated heterocycles. The second-order valence-electron chi connectivity index (χ2n) is 0.388. The second-order valence-corrected chi connectivity index (χ2v) is 1.16. The zero-order chi connectivity index (χ0) is 7.15. The third-order valence-corrected chi connectivity index (χ3v) is 0. The minimum atomic E-state index is -3.36. The van der Waals surface area contributed by atoms with E-state index in [1.165, 1.54) is 0 Å². The van der Waals surface area contributed by atoms with Gasteiger partial charge in [0, 0.05) is 0 Å². The maximum absolute atomic E-state index is 9.92. The van der Waals surface area contributed by atoms with Crippen molar-refractivity contribution in [2.75, 3.05) is 0 Å². The molecule has 0 saturated carbocycles. The van der Waals surface area contributed by atoms with Crippen LogP contribution >= 0.6 is 0 Å². The topological polar surface area (TPSA) is 68.3 Å². The molecule has 0 N–H and O–H groups in total. The molecule has 0 unspecified atom stereocenters. The van der Waals surface area contributed by atoms with E-state index in [9.17, 15) is 7.77 Å². The van der Waals surface area contributed by atoms with Crippen LogP contribution in [0.2, 0.25) is 0 Å². The normalized spacial score (nSPS) is 7.56. The molecule has 0 rings (SSSR count). The second kappa shape index (κ2) is 11.3. The fourth-order valence-electron chi connectivity index (χ4n) is 0. The smallest absolute Gasteiger partial charge is 0.392 e. The van der Waals surface area contributed by atoms with E-state index in [0.717, 1.165) is 0 Å². The fraction of sp³-hybridized carbons (Fsp3) is 0. The van der Waals surface area contributed by atoms with Gasteiger partial charge in [0.15, 0.2) is 0 Å². The van der Waals surface area contributed by atoms with Gasteiger partial charge in [-0.05, 0) is 0 Å². The van der Waals surface area contributed by atoms with Crippen molar-refractivity contribution in [2.45, 2.75) is 0 Å². The van der Waals surface area contributed by atoms with Crippen molar-refractivity contribution in [1.29, 1.82) is 0 Å². The molecule has 0 radical (unpaired) electrons. The summed E-state index contributed by atoms with van der Waals surface area (Å²) in [6.45, 7) is 0. The quantitative estimate of drug-likeness (QED) is 0.306. The van der Waals surface area contributed by atoms with Crippen LogP contribution in [-0.2, 0) is 39.0 Å². The summed E-state index contributed by atoms with van der Waals surface area (Å²) in [4.78, 5) is 0. The van der Waals surface area contributed by atoms with E-state index in [1.807, 2.05) is 0 Å². The Kier molecular flexibility index (Phi) is 20.5. The minimum absolute atomic E-state index is 0. The molecule has 0 spiro atoms. The van der Waals surface area contributed by atoms with Crippen LogP contribution in [0.3, 0.4) is 0 Å². The van der Waals surface area contributed by atoms with Gasteiger partial charge in [0.05, 0.1) is 22.2 Å². The summed E-state index contributed by atoms with van der Waals surface area (Å²) in [5, 5.41) is 0. The van der Waals surface area contributed by atoms with Crippen molar-refractivity contribution in [1.82, 2.24) is 0 Å². The summed E-state index contributed by atoms with van der Waals surface area (Å²) < 4.78 is 53.2. The van der Waals surface area contributed by atoms with Gasteiger partial charge in [-0.3, -0.25) is 0 Å². The molecule has 0 aliphatic heterocycles. The van der Waals surface area contributed by atoms with Gasteiger partial charge < -0.3 is 24.6 Å². The Bertz CT molecular complexity index is 133. The summed E-state index contributed by atoms with van der Waals surface area (Å²) in [6, 6.07) is 0. The standard InChI is InChI=1S/2FO2S.Mg/c2*1-4(2)3;/q2*-1;+2. The molecular formula is F2MgO4S2. The van der Waals surface area contributed by atoms with Gasteiger partial charge in [-0.15, -0.1) is 0 Å². The molecule has 4 nitrogen and oxygen atoms in total. The Morgan fingerprint density at radius 2 is 0.778 bits per heavy atom. The van der Waals surface area contributed by atoms with Gasteiger partial charge in [0.1, 0.15) is 0 Å². The largest absolute Gasteiger partial charge is 2.00 e. The van der Waals surface area contributed by atoms with Crippen LogP contribution in [0.1, 0.15) is 0 Å². The van der Waals surface area contributed by atoms with Crippen LogP contribution < -0.4 is 0 Å². The zero-order valence-electron chi connectivity index (χ0n) is 3.91. The number of hydrogen-bond donors (Lipinski definition) is 0. The van der Waals surface area contributed by atoms with Crippen molar-refractivity contribution < 1.29 is 24.6 Å². The molecule has 0 aliphatic rings. The van der Waals surface area contributed by atoms with Gasteiger partial charge in [-0.2, -0.15) is 0 Å². The van der Waals surface area contributed by atoms with Crippen LogP contribution in [0, 0.1) is 0 Å². The molecule has 0 bridgehead atoms. The zero-order valence-corrected chi connectivity index (χ0v) is 6.96. The Balaban J connectivity index is -0.0000000720. The summed E-state index contributed by atoms with van der Waals surface area (Å²) in [7, 11) is 0. The third-order valence-electron chi connectivity index (χ3n) is 0. The van der Waals surface area contributed by atoms with Crippen molar-refractivity contribution in [3.63, 3.8) is 0 Å². The minimum Gasteiger partial charge on any atom is -0.392 e. The van der Waals surface area contributed by atoms with Crippen LogP contribution in [0.4, 0.5) is 7.77 Å². The van der Waals surface area contributed by atoms with Crippen LogP contribution in [0.5, 0.6) is 0 Å². The average molecular weight is 190 g/mol. The van der Waals surface area contributed by atoms with Crippen molar-refractivity contribution >= 4 is 45.2 Å². The summed E-state index contributed by atoms with van der Waals surface area (Å²) in [5.41, 5.74) is 0. The Morgan fingerprint density at radius 1 is 0.778 bits per heavy atom. The molecule has 0 aromatic carbocycles. The molecule has 0 fully saturated rings. The maximum Gasteiger partial charge on any atom is 2.00 e. The summed E-state index contributed by atoms with van der Waals surface area (Å²) in [6.07, 6.45) is 0. The first-order chi connectivity index (χ1) is 3.46. The van der Waals surface area contributed by atoms with Gasteiger partial charge in [0.25, 0.3) is 0 Å². The molecule has 0 aromatic rings. The van der Waals surface area contributed by atoms with E-state index in [1.54, 1.807) is 0 Å². The molecule has 0 aliphatic carbocycles. The van der Waals surface area contributed by atoms with E-state index in [4.69, 9.17) is 16.8 Å². The maximum atomic E-state index is 9.92. The Morgan fingerprint density at radius 3 is 0.778 bits per heavy atom. The van der Waals surface area contributed by atoms with E-state index in [2.05, 4.69) is 0 Å². The van der Waals surface area contributed by atoms with Gasteiger partial charge in [-0.1, -0.05) is 0 Å². The van der Waals surface area contributed by atoms with E-state index in [-0.39, 0.29) is 23.1 Å². The number of hydrogen-bond acceptors (Lipinski definition) is 6. The molecule has 52 valence electrons. The predicted molar refractivity (Wildman–Crippen MR) is 25.4 cm³/mol. The van der Waals surface area contributed by atoms with Crippen LogP contribution in [0.25, 0.3) is 0 Å². The molecular weight excluding hydrogens is 190 g/mol. The Hall–Kier alpha value is 0.526. The third kappa shape index (κ3) is 1310. The molecule has 0 heterocycles. The average Bonchev–Trinajstić information content (AvgIpc) is 1.25. The predicted octanol–water partition coefficient (Wildman–Crippen LogP) is -0.0204. The van der Waals surface area contributed by atoms with E-state index in [0.29, 0.717) is 0 Å². The van der Waals surface area contributed by atoms with Crippen molar-refractivity contribution in [3.05, 3.63) is 0 Å². The Labute approximate surface area is 69.9 Å². The van der Waals surface area contributed by atoms with Crippen molar-refractivity contribution in [2.24, 2.45) is 0 Å². The molecule has 0 atom stereocenters. The molecule has 9 heteroatoms. The molecule has 0 aromatic heterocycles. The number of halogens is 2. The summed E-state index contributed by atoms with van der Waals surface area (Å²) in [5.74, 6) is 0. The monoisotopic (exact) mass is 190 g/mol. The summed E-state index contributed by atoms with van der Waals surface area (Å²) >= 11 is -6.72. The number of rotatable bonds is 0. The van der Waals surface area contributed by atoms with Gasteiger partial charge in [0.2, 0.25) is 0 Å². The van der Waals surface area contributed by atoms with Crippen LogP contribution in [-0.4, -0.2) is 23.1 Å². The molecule has 0 amide bonds. The first kappa shape index (κ1) is 16.3. The molecule has 9 heavy (non-hydrogen) atoms. The fourth-order valence-corrected chi connectivity index (χ4v) is 0. The van der Waals surface area contributed by atoms with Gasteiger partial charge >= 0.3 is 23.1 Å². The first-order valence-corrected chi connectivity index (χ1v) is 2.93. The first-order valence-electron chi connectivity index (χ1n) is 0.975. The SMILES string of the molecule is O=[S-](=O)F.O=[S-](=O)F.[Mg+2]. The van der Waals surface area contributed by atoms with Crippen LogP contribution in [0.15, 0.2) is 0 Å². The van der Waals surface area contributed by atoms with E-state index >= 15 is 0 Å². The van der Waals surface area contributed by atoms with E-state index < -0.39 is 22.2 Å². The van der Waals surface area contributed by atoms with Gasteiger partial charge in [-0.25, -0.2) is 0 Å². The van der Waals surface area contributed by atoms with Crippen molar-refractivity contribution in [3.8, 4) is 0 Å².